The van der Waals surface area contributed by atoms with Crippen molar-refractivity contribution in [3.8, 4) is 16.9 Å². The van der Waals surface area contributed by atoms with Gasteiger partial charge in [0.1, 0.15) is 11.9 Å². The molecule has 0 spiro atoms. The van der Waals surface area contributed by atoms with Gasteiger partial charge in [-0.3, -0.25) is 0 Å². The van der Waals surface area contributed by atoms with Gasteiger partial charge in [0.15, 0.2) is 0 Å². The largest absolute Gasteiger partial charge is 0.485 e. The number of benzene rings is 3. The second-order valence-electron chi connectivity index (χ2n) is 7.59. The molecule has 1 atom stereocenters. The van der Waals surface area contributed by atoms with Crippen LogP contribution in [-0.2, 0) is 0 Å². The van der Waals surface area contributed by atoms with E-state index in [0.29, 0.717) is 0 Å². The number of hydrogen-bond donors (Lipinski definition) is 0. The molecule has 5 rings (SSSR count). The molecule has 0 radical (unpaired) electrons. The van der Waals surface area contributed by atoms with E-state index in [0.717, 1.165) is 44.4 Å². The number of hydrogen-bond acceptors (Lipinski definition) is 1. The Morgan fingerprint density at radius 1 is 0.938 bits per heavy atom. The molecule has 0 N–H and O–H groups in total. The maximum Gasteiger partial charge on any atom is 0.137 e. The molecule has 1 aliphatic rings. The number of nitrogens with zero attached hydrogens (tertiary/aromatic N) is 1. The summed E-state index contributed by atoms with van der Waals surface area (Å²) in [7, 11) is 0. The van der Waals surface area contributed by atoms with Gasteiger partial charge in [-0.2, -0.15) is 0 Å². The van der Waals surface area contributed by atoms with Crippen molar-refractivity contribution in [2.45, 2.75) is 26.9 Å². The van der Waals surface area contributed by atoms with E-state index in [9.17, 15) is 0 Å². The summed E-state index contributed by atoms with van der Waals surface area (Å²) in [5, 5.41) is 2.27. The summed E-state index contributed by atoms with van der Waals surface area (Å²) in [5.41, 5.74) is 7.66. The maximum absolute atomic E-state index is 6.29. The zero-order chi connectivity index (χ0) is 22.8. The minimum atomic E-state index is -0.0242. The number of aromatic nitrogens is 1. The van der Waals surface area contributed by atoms with Crippen LogP contribution in [0, 0.1) is 0 Å². The molecule has 32 heavy (non-hydrogen) atoms. The average Bonchev–Trinajstić information content (AvgIpc) is 3.32. The highest BCUT2D eigenvalue weighted by Gasteiger charge is 2.28. The Balaban J connectivity index is 0.00000119. The molecule has 0 saturated heterocycles. The van der Waals surface area contributed by atoms with Crippen molar-refractivity contribution in [2.75, 3.05) is 0 Å². The van der Waals surface area contributed by atoms with Crippen molar-refractivity contribution in [3.63, 3.8) is 0 Å². The zero-order valence-corrected chi connectivity index (χ0v) is 19.1. The highest BCUT2D eigenvalue weighted by atomic mass is 16.5. The molecule has 4 aromatic rings. The van der Waals surface area contributed by atoms with Gasteiger partial charge in [-0.1, -0.05) is 76.1 Å². The quantitative estimate of drug-likeness (QED) is 0.302. The Bertz CT molecular complexity index is 1370. The summed E-state index contributed by atoms with van der Waals surface area (Å²) in [6.45, 7) is 18.2. The summed E-state index contributed by atoms with van der Waals surface area (Å²) >= 11 is 0. The van der Waals surface area contributed by atoms with Gasteiger partial charge >= 0.3 is 0 Å². The SMILES string of the molecule is C=C/C=C(\C=C)n1c2ccc(-c3ccccc3)cc2c2c3c(ccc21)C(=C)C(C)O3.CC. The molecule has 2 heterocycles. The lowest BCUT2D eigenvalue weighted by molar-refractivity contribution is 0.301. The van der Waals surface area contributed by atoms with Crippen LogP contribution in [0.5, 0.6) is 5.75 Å². The third kappa shape index (κ3) is 3.29. The monoisotopic (exact) mass is 419 g/mol. The highest BCUT2D eigenvalue weighted by Crippen LogP contribution is 2.46. The minimum absolute atomic E-state index is 0.0242. The molecule has 0 saturated carbocycles. The van der Waals surface area contributed by atoms with E-state index in [-0.39, 0.29) is 6.10 Å². The summed E-state index contributed by atoms with van der Waals surface area (Å²) in [4.78, 5) is 0. The first-order valence-corrected chi connectivity index (χ1v) is 11.1. The molecular formula is C30H29NO. The lowest BCUT2D eigenvalue weighted by Gasteiger charge is -2.09. The van der Waals surface area contributed by atoms with Gasteiger partial charge < -0.3 is 9.30 Å². The molecule has 1 unspecified atom stereocenters. The Morgan fingerprint density at radius 3 is 2.34 bits per heavy atom. The van der Waals surface area contributed by atoms with Crippen molar-refractivity contribution < 1.29 is 4.74 Å². The fourth-order valence-electron chi connectivity index (χ4n) is 4.37. The molecule has 1 aromatic heterocycles. The van der Waals surface area contributed by atoms with Gasteiger partial charge in [-0.25, -0.2) is 0 Å². The zero-order valence-electron chi connectivity index (χ0n) is 19.1. The van der Waals surface area contributed by atoms with E-state index in [1.165, 1.54) is 11.1 Å². The van der Waals surface area contributed by atoms with E-state index in [2.05, 4.69) is 85.8 Å². The summed E-state index contributed by atoms with van der Waals surface area (Å²) in [6, 6.07) is 21.3. The molecule has 0 aliphatic carbocycles. The minimum Gasteiger partial charge on any atom is -0.485 e. The molecule has 160 valence electrons. The highest BCUT2D eigenvalue weighted by molar-refractivity contribution is 6.16. The van der Waals surface area contributed by atoms with E-state index in [1.807, 2.05) is 32.1 Å². The Morgan fingerprint density at radius 2 is 1.66 bits per heavy atom. The van der Waals surface area contributed by atoms with Crippen LogP contribution >= 0.6 is 0 Å². The van der Waals surface area contributed by atoms with Gasteiger partial charge in [0.2, 0.25) is 0 Å². The average molecular weight is 420 g/mol. The molecule has 2 nitrogen and oxygen atoms in total. The van der Waals surface area contributed by atoms with Crippen LogP contribution in [0.4, 0.5) is 0 Å². The predicted molar refractivity (Wildman–Crippen MR) is 140 cm³/mol. The van der Waals surface area contributed by atoms with Crippen LogP contribution in [0.3, 0.4) is 0 Å². The molecule has 1 aliphatic heterocycles. The van der Waals surface area contributed by atoms with Gasteiger partial charge in [-0.05, 0) is 60.0 Å². The first-order valence-electron chi connectivity index (χ1n) is 11.1. The third-order valence-electron chi connectivity index (χ3n) is 5.88. The topological polar surface area (TPSA) is 14.2 Å². The van der Waals surface area contributed by atoms with E-state index in [1.54, 1.807) is 6.08 Å². The van der Waals surface area contributed by atoms with Gasteiger partial charge in [0.05, 0.1) is 16.4 Å². The standard InChI is InChI=1S/C28H23NO.C2H6/c1-5-10-22(6-2)29-25-15-13-21(20-11-8-7-9-12-20)17-24(25)27-26(29)16-14-23-18(3)19(4)30-28(23)27;1-2/h5-17,19H,1-3H2,4H3;1-2H3/b22-10+;. The molecule has 0 bridgehead atoms. The van der Waals surface area contributed by atoms with Crippen molar-refractivity contribution in [1.82, 2.24) is 4.57 Å². The van der Waals surface area contributed by atoms with Crippen LogP contribution in [-0.4, -0.2) is 10.7 Å². The number of rotatable bonds is 4. The number of ether oxygens (including phenoxy) is 1. The molecule has 0 fully saturated rings. The summed E-state index contributed by atoms with van der Waals surface area (Å²) < 4.78 is 8.52. The first-order chi connectivity index (χ1) is 15.6. The summed E-state index contributed by atoms with van der Waals surface area (Å²) in [6.07, 6.45) is 5.61. The van der Waals surface area contributed by atoms with Crippen molar-refractivity contribution in [3.05, 3.63) is 104 Å². The second-order valence-corrected chi connectivity index (χ2v) is 7.59. The summed E-state index contributed by atoms with van der Waals surface area (Å²) in [5.74, 6) is 0.918. The van der Waals surface area contributed by atoms with Crippen LogP contribution in [0.25, 0.3) is 44.2 Å². The fraction of sp³-hybridized carbons (Fsp3) is 0.133. The van der Waals surface area contributed by atoms with E-state index < -0.39 is 0 Å². The van der Waals surface area contributed by atoms with Crippen molar-refractivity contribution >= 4 is 33.1 Å². The Hall–Kier alpha value is -3.78. The van der Waals surface area contributed by atoms with Gasteiger partial charge in [0, 0.05) is 16.6 Å². The van der Waals surface area contributed by atoms with Gasteiger partial charge in [-0.15, -0.1) is 0 Å². The lowest BCUT2D eigenvalue weighted by Crippen LogP contribution is -2.04. The molecule has 0 amide bonds. The smallest absolute Gasteiger partial charge is 0.137 e. The second kappa shape index (κ2) is 8.76. The predicted octanol–water partition coefficient (Wildman–Crippen LogP) is 8.49. The molecule has 3 aromatic carbocycles. The van der Waals surface area contributed by atoms with E-state index in [4.69, 9.17) is 4.74 Å². The number of allylic oxidation sites excluding steroid dienone is 4. The third-order valence-corrected chi connectivity index (χ3v) is 5.88. The fourth-order valence-corrected chi connectivity index (χ4v) is 4.37. The molecule has 2 heteroatoms. The number of fused-ring (bicyclic) bond motifs is 5. The van der Waals surface area contributed by atoms with Crippen molar-refractivity contribution in [2.24, 2.45) is 0 Å². The van der Waals surface area contributed by atoms with Crippen LogP contribution in [0.1, 0.15) is 26.3 Å². The molecular weight excluding hydrogens is 390 g/mol. The van der Waals surface area contributed by atoms with Crippen LogP contribution in [0.15, 0.2) is 98.6 Å². The maximum atomic E-state index is 6.29. The van der Waals surface area contributed by atoms with Crippen molar-refractivity contribution in [1.29, 1.82) is 0 Å². The van der Waals surface area contributed by atoms with Crippen LogP contribution in [0.2, 0.25) is 0 Å². The Kier molecular flexibility index (Phi) is 5.87. The Labute approximate surface area is 190 Å². The lowest BCUT2D eigenvalue weighted by atomic mass is 10.00. The van der Waals surface area contributed by atoms with Gasteiger partial charge in [0.25, 0.3) is 0 Å². The first kappa shape index (κ1) is 21.5. The van der Waals surface area contributed by atoms with E-state index >= 15 is 0 Å². The normalized spacial score (nSPS) is 15.2. The van der Waals surface area contributed by atoms with Crippen LogP contribution < -0.4 is 4.74 Å².